The van der Waals surface area contributed by atoms with Crippen molar-refractivity contribution >= 4 is 21.6 Å². The minimum Gasteiger partial charge on any atom is -0.350 e. The maximum atomic E-state index is 12.5. The Labute approximate surface area is 156 Å². The van der Waals surface area contributed by atoms with Gasteiger partial charge in [0.2, 0.25) is 15.9 Å². The van der Waals surface area contributed by atoms with E-state index in [1.165, 1.54) is 30.0 Å². The van der Waals surface area contributed by atoms with Crippen LogP contribution in [0.2, 0.25) is 0 Å². The molecule has 7 heteroatoms. The monoisotopic (exact) mass is 379 g/mol. The summed E-state index contributed by atoms with van der Waals surface area (Å²) < 4.78 is 25.5. The van der Waals surface area contributed by atoms with Gasteiger partial charge in [-0.2, -0.15) is 0 Å². The molecule has 0 spiro atoms. The summed E-state index contributed by atoms with van der Waals surface area (Å²) in [6.45, 7) is 1.71. The Morgan fingerprint density at radius 2 is 1.85 bits per heavy atom. The number of nitrogens with one attached hydrogen (secondary N) is 2. The third-order valence-corrected chi connectivity index (χ3v) is 6.54. The summed E-state index contributed by atoms with van der Waals surface area (Å²) in [7, 11) is -3.53. The third kappa shape index (κ3) is 4.76. The van der Waals surface area contributed by atoms with Gasteiger partial charge in [0.1, 0.15) is 6.54 Å². The molecule has 0 aliphatic heterocycles. The van der Waals surface area contributed by atoms with Gasteiger partial charge in [-0.3, -0.25) is 9.10 Å². The molecular formula is C19H29N3O3S. The molecule has 144 valence electrons. The van der Waals surface area contributed by atoms with E-state index in [1.807, 2.05) is 13.0 Å². The Balaban J connectivity index is 1.59. The Morgan fingerprint density at radius 1 is 1.15 bits per heavy atom. The molecule has 6 nitrogen and oxygen atoms in total. The lowest BCUT2D eigenvalue weighted by molar-refractivity contribution is -0.121. The summed E-state index contributed by atoms with van der Waals surface area (Å²) in [4.78, 5) is 12.5. The molecule has 2 saturated carbocycles. The summed E-state index contributed by atoms with van der Waals surface area (Å²) in [6.07, 6.45) is 8.13. The second kappa shape index (κ2) is 7.96. The summed E-state index contributed by atoms with van der Waals surface area (Å²) >= 11 is 0. The molecule has 26 heavy (non-hydrogen) atoms. The Kier molecular flexibility index (Phi) is 5.87. The lowest BCUT2D eigenvalue weighted by atomic mass is 9.85. The molecule has 1 aromatic rings. The average molecular weight is 380 g/mol. The largest absolute Gasteiger partial charge is 0.350 e. The van der Waals surface area contributed by atoms with Crippen LogP contribution < -0.4 is 14.9 Å². The fourth-order valence-electron chi connectivity index (χ4n) is 3.83. The maximum Gasteiger partial charge on any atom is 0.241 e. The Hall–Kier alpha value is -1.60. The highest BCUT2D eigenvalue weighted by atomic mass is 32.2. The second-order valence-electron chi connectivity index (χ2n) is 7.61. The number of rotatable bonds is 7. The normalized spacial score (nSPS) is 23.5. The van der Waals surface area contributed by atoms with E-state index in [-0.39, 0.29) is 18.5 Å². The molecule has 0 bridgehead atoms. The molecule has 0 heterocycles. The first-order valence-electron chi connectivity index (χ1n) is 9.43. The van der Waals surface area contributed by atoms with Gasteiger partial charge < -0.3 is 10.6 Å². The van der Waals surface area contributed by atoms with Gasteiger partial charge in [0.25, 0.3) is 0 Å². The molecule has 0 aromatic heterocycles. The fraction of sp³-hybridized carbons (Fsp3) is 0.632. The molecule has 1 amide bonds. The van der Waals surface area contributed by atoms with Crippen LogP contribution in [0.25, 0.3) is 0 Å². The van der Waals surface area contributed by atoms with Crippen molar-refractivity contribution in [1.82, 2.24) is 10.6 Å². The van der Waals surface area contributed by atoms with Gasteiger partial charge >= 0.3 is 0 Å². The number of hydrogen-bond donors (Lipinski definition) is 2. The van der Waals surface area contributed by atoms with E-state index in [4.69, 9.17) is 0 Å². The molecule has 3 rings (SSSR count). The van der Waals surface area contributed by atoms with Gasteiger partial charge in [-0.15, -0.1) is 0 Å². The van der Waals surface area contributed by atoms with Crippen LogP contribution in [0.3, 0.4) is 0 Å². The van der Waals surface area contributed by atoms with Crippen molar-refractivity contribution in [3.05, 3.63) is 29.8 Å². The van der Waals surface area contributed by atoms with Crippen LogP contribution in [0.4, 0.5) is 5.69 Å². The molecule has 2 N–H and O–H groups in total. The van der Waals surface area contributed by atoms with Crippen LogP contribution in [0, 0.1) is 6.92 Å². The van der Waals surface area contributed by atoms with Crippen LogP contribution in [0.5, 0.6) is 0 Å². The highest BCUT2D eigenvalue weighted by Gasteiger charge is 2.34. The Morgan fingerprint density at radius 3 is 2.42 bits per heavy atom. The SMILES string of the molecule is Cc1cccc(N(CC(=O)N[C@@H]2CC[C@@H]2NC2CCCC2)S(C)(=O)=O)c1. The van der Waals surface area contributed by atoms with E-state index in [1.54, 1.807) is 18.2 Å². The standard InChI is InChI=1S/C19H29N3O3S/c1-14-6-5-9-16(12-14)22(26(2,24)25)13-19(23)21-18-11-10-17(18)20-15-7-3-4-8-15/h5-6,9,12,15,17-18,20H,3-4,7-8,10-11,13H2,1-2H3,(H,21,23)/t17-,18+/m0/s1. The van der Waals surface area contributed by atoms with Crippen molar-refractivity contribution in [3.8, 4) is 0 Å². The third-order valence-electron chi connectivity index (χ3n) is 5.40. The fourth-order valence-corrected chi connectivity index (χ4v) is 4.68. The van der Waals surface area contributed by atoms with Crippen LogP contribution in [-0.2, 0) is 14.8 Å². The molecule has 2 aliphatic carbocycles. The lowest BCUT2D eigenvalue weighted by Crippen LogP contribution is -2.59. The van der Waals surface area contributed by atoms with Crippen LogP contribution in [0.1, 0.15) is 44.1 Å². The number of nitrogens with zero attached hydrogens (tertiary/aromatic N) is 1. The van der Waals surface area contributed by atoms with Crippen molar-refractivity contribution in [2.24, 2.45) is 0 Å². The molecular weight excluding hydrogens is 350 g/mol. The molecule has 2 fully saturated rings. The summed E-state index contributed by atoms with van der Waals surface area (Å²) in [5, 5.41) is 6.67. The van der Waals surface area contributed by atoms with Crippen LogP contribution in [0.15, 0.2) is 24.3 Å². The molecule has 2 atom stereocenters. The molecule has 0 radical (unpaired) electrons. The molecule has 1 aromatic carbocycles. The van der Waals surface area contributed by atoms with Gasteiger partial charge in [0.05, 0.1) is 11.9 Å². The van der Waals surface area contributed by atoms with Crippen molar-refractivity contribution < 1.29 is 13.2 Å². The first-order valence-corrected chi connectivity index (χ1v) is 11.3. The minimum atomic E-state index is -3.53. The van der Waals surface area contributed by atoms with Gasteiger partial charge in [0.15, 0.2) is 0 Å². The highest BCUT2D eigenvalue weighted by molar-refractivity contribution is 7.92. The average Bonchev–Trinajstić information content (AvgIpc) is 3.07. The number of benzene rings is 1. The minimum absolute atomic E-state index is 0.0991. The quantitative estimate of drug-likeness (QED) is 0.759. The van der Waals surface area contributed by atoms with Gasteiger partial charge in [-0.1, -0.05) is 25.0 Å². The molecule has 0 saturated heterocycles. The zero-order chi connectivity index (χ0) is 18.7. The number of anilines is 1. The summed E-state index contributed by atoms with van der Waals surface area (Å²) in [5.74, 6) is -0.250. The summed E-state index contributed by atoms with van der Waals surface area (Å²) in [5.41, 5.74) is 1.48. The van der Waals surface area contributed by atoms with E-state index in [0.717, 1.165) is 24.7 Å². The first kappa shape index (κ1) is 19.2. The van der Waals surface area contributed by atoms with E-state index in [0.29, 0.717) is 17.8 Å². The first-order chi connectivity index (χ1) is 12.3. The highest BCUT2D eigenvalue weighted by Crippen LogP contribution is 2.25. The van der Waals surface area contributed by atoms with Gasteiger partial charge in [-0.25, -0.2) is 8.42 Å². The van der Waals surface area contributed by atoms with Gasteiger partial charge in [-0.05, 0) is 50.3 Å². The van der Waals surface area contributed by atoms with E-state index in [9.17, 15) is 13.2 Å². The van der Waals surface area contributed by atoms with Crippen molar-refractivity contribution in [2.45, 2.75) is 63.6 Å². The smallest absolute Gasteiger partial charge is 0.241 e. The number of aryl methyl sites for hydroxylation is 1. The van der Waals surface area contributed by atoms with E-state index >= 15 is 0 Å². The zero-order valence-electron chi connectivity index (χ0n) is 15.6. The van der Waals surface area contributed by atoms with Gasteiger partial charge in [0, 0.05) is 18.1 Å². The predicted octanol–water partition coefficient (Wildman–Crippen LogP) is 1.94. The zero-order valence-corrected chi connectivity index (χ0v) is 16.4. The second-order valence-corrected chi connectivity index (χ2v) is 9.52. The number of carbonyl (C=O) groups excluding carboxylic acids is 1. The van der Waals surface area contributed by atoms with Crippen LogP contribution in [-0.4, -0.2) is 45.3 Å². The Bertz CT molecular complexity index is 744. The van der Waals surface area contributed by atoms with Crippen LogP contribution >= 0.6 is 0 Å². The summed E-state index contributed by atoms with van der Waals surface area (Å²) in [6, 6.07) is 8.18. The number of carbonyl (C=O) groups is 1. The van der Waals surface area contributed by atoms with E-state index in [2.05, 4.69) is 10.6 Å². The number of hydrogen-bond acceptors (Lipinski definition) is 4. The number of sulfonamides is 1. The van der Waals surface area contributed by atoms with Crippen molar-refractivity contribution in [3.63, 3.8) is 0 Å². The number of amides is 1. The lowest BCUT2D eigenvalue weighted by Gasteiger charge is -2.40. The molecule has 0 unspecified atom stereocenters. The maximum absolute atomic E-state index is 12.5. The van der Waals surface area contributed by atoms with Crippen molar-refractivity contribution in [2.75, 3.05) is 17.1 Å². The predicted molar refractivity (Wildman–Crippen MR) is 104 cm³/mol. The van der Waals surface area contributed by atoms with E-state index < -0.39 is 10.0 Å². The topological polar surface area (TPSA) is 78.5 Å². The molecule has 2 aliphatic rings. The van der Waals surface area contributed by atoms with Crippen molar-refractivity contribution in [1.29, 1.82) is 0 Å².